The van der Waals surface area contributed by atoms with Crippen molar-refractivity contribution in [3.05, 3.63) is 17.5 Å². The van der Waals surface area contributed by atoms with E-state index in [2.05, 4.69) is 29.6 Å². The largest absolute Gasteiger partial charge is 0.346 e. The molecule has 3 rings (SSSR count). The van der Waals surface area contributed by atoms with Crippen molar-refractivity contribution in [2.24, 2.45) is 13.0 Å². The number of nitrogens with zero attached hydrogens (tertiary/aromatic N) is 2. The maximum atomic E-state index is 12.6. The minimum Gasteiger partial charge on any atom is -0.346 e. The minimum absolute atomic E-state index is 0.0140. The monoisotopic (exact) mass is 332 g/mol. The molecule has 2 aliphatic rings. The van der Waals surface area contributed by atoms with Crippen LogP contribution in [0.2, 0.25) is 0 Å². The van der Waals surface area contributed by atoms with Crippen molar-refractivity contribution >= 4 is 5.91 Å². The fourth-order valence-electron chi connectivity index (χ4n) is 3.94. The Morgan fingerprint density at radius 3 is 2.54 bits per heavy atom. The molecular formula is C19H32N4O. The Labute approximate surface area is 145 Å². The number of carbonyl (C=O) groups excluding carboxylic acids is 1. The van der Waals surface area contributed by atoms with Gasteiger partial charge in [0.25, 0.3) is 5.91 Å². The number of amides is 1. The Morgan fingerprint density at radius 2 is 1.92 bits per heavy atom. The zero-order valence-corrected chi connectivity index (χ0v) is 15.3. The molecule has 1 heterocycles. The minimum atomic E-state index is 0.0140. The summed E-state index contributed by atoms with van der Waals surface area (Å²) in [5, 5.41) is 11.5. The molecule has 134 valence electrons. The highest BCUT2D eigenvalue weighted by atomic mass is 16.2. The van der Waals surface area contributed by atoms with E-state index in [9.17, 15) is 4.79 Å². The molecule has 2 aliphatic carbocycles. The Balaban J connectivity index is 1.53. The molecule has 2 fully saturated rings. The molecule has 1 amide bonds. The summed E-state index contributed by atoms with van der Waals surface area (Å²) in [6.45, 7) is 4.34. The topological polar surface area (TPSA) is 59.0 Å². The number of rotatable bonds is 6. The predicted octanol–water partition coefficient (Wildman–Crippen LogP) is 2.80. The second-order valence-electron chi connectivity index (χ2n) is 8.01. The summed E-state index contributed by atoms with van der Waals surface area (Å²) in [5.41, 5.74) is 1.68. The predicted molar refractivity (Wildman–Crippen MR) is 96.0 cm³/mol. The van der Waals surface area contributed by atoms with E-state index in [1.165, 1.54) is 38.5 Å². The van der Waals surface area contributed by atoms with Gasteiger partial charge in [-0.2, -0.15) is 5.10 Å². The van der Waals surface area contributed by atoms with Gasteiger partial charge in [0.15, 0.2) is 0 Å². The van der Waals surface area contributed by atoms with Gasteiger partial charge in [0.2, 0.25) is 0 Å². The van der Waals surface area contributed by atoms with Crippen LogP contribution in [-0.2, 0) is 13.5 Å². The van der Waals surface area contributed by atoms with Crippen LogP contribution in [0.4, 0.5) is 0 Å². The van der Waals surface area contributed by atoms with Gasteiger partial charge in [-0.1, -0.05) is 33.1 Å². The van der Waals surface area contributed by atoms with Crippen LogP contribution in [0.3, 0.4) is 0 Å². The lowest BCUT2D eigenvalue weighted by Crippen LogP contribution is -2.59. The SMILES string of the molecule is CC(C)Cc1cc(C(=O)NC2CCC2NC2CCCCC2)n(C)n1. The second-order valence-corrected chi connectivity index (χ2v) is 8.01. The molecule has 2 unspecified atom stereocenters. The first-order valence-corrected chi connectivity index (χ1v) is 9.62. The van der Waals surface area contributed by atoms with E-state index < -0.39 is 0 Å². The third-order valence-corrected chi connectivity index (χ3v) is 5.43. The van der Waals surface area contributed by atoms with Crippen LogP contribution >= 0.6 is 0 Å². The van der Waals surface area contributed by atoms with Crippen LogP contribution in [0.15, 0.2) is 6.07 Å². The third-order valence-electron chi connectivity index (χ3n) is 5.43. The maximum absolute atomic E-state index is 12.6. The number of nitrogens with one attached hydrogen (secondary N) is 2. The van der Waals surface area contributed by atoms with E-state index in [0.29, 0.717) is 23.7 Å². The van der Waals surface area contributed by atoms with E-state index in [1.54, 1.807) is 4.68 Å². The van der Waals surface area contributed by atoms with Crippen LogP contribution in [0.1, 0.15) is 75.0 Å². The van der Waals surface area contributed by atoms with Gasteiger partial charge in [-0.15, -0.1) is 0 Å². The third kappa shape index (κ3) is 4.18. The van der Waals surface area contributed by atoms with Gasteiger partial charge in [-0.25, -0.2) is 0 Å². The summed E-state index contributed by atoms with van der Waals surface area (Å²) in [6.07, 6.45) is 9.80. The highest BCUT2D eigenvalue weighted by Gasteiger charge is 2.34. The van der Waals surface area contributed by atoms with Crippen molar-refractivity contribution in [2.75, 3.05) is 0 Å². The maximum Gasteiger partial charge on any atom is 0.269 e. The molecule has 5 nitrogen and oxygen atoms in total. The molecule has 0 radical (unpaired) electrons. The van der Waals surface area contributed by atoms with Gasteiger partial charge >= 0.3 is 0 Å². The van der Waals surface area contributed by atoms with Crippen LogP contribution in [0, 0.1) is 5.92 Å². The molecule has 0 aliphatic heterocycles. The molecule has 2 saturated carbocycles. The van der Waals surface area contributed by atoms with E-state index in [4.69, 9.17) is 0 Å². The van der Waals surface area contributed by atoms with E-state index >= 15 is 0 Å². The van der Waals surface area contributed by atoms with Gasteiger partial charge < -0.3 is 10.6 Å². The standard InChI is InChI=1S/C19H32N4O/c1-13(2)11-15-12-18(23(3)22-15)19(24)21-17-10-9-16(17)20-14-7-5-4-6-8-14/h12-14,16-17,20H,4-11H2,1-3H3,(H,21,24). The molecule has 2 atom stereocenters. The molecule has 0 saturated heterocycles. The Hall–Kier alpha value is -1.36. The quantitative estimate of drug-likeness (QED) is 0.842. The number of carbonyl (C=O) groups is 1. The number of hydrogen-bond acceptors (Lipinski definition) is 3. The molecule has 1 aromatic heterocycles. The van der Waals surface area contributed by atoms with E-state index in [0.717, 1.165) is 18.5 Å². The van der Waals surface area contributed by atoms with Gasteiger partial charge in [0.05, 0.1) is 5.69 Å². The van der Waals surface area contributed by atoms with Crippen LogP contribution in [-0.4, -0.2) is 33.8 Å². The molecular weight excluding hydrogens is 300 g/mol. The molecule has 0 bridgehead atoms. The zero-order chi connectivity index (χ0) is 17.1. The molecule has 5 heteroatoms. The fourth-order valence-corrected chi connectivity index (χ4v) is 3.94. The average Bonchev–Trinajstić information content (AvgIpc) is 2.90. The normalized spacial score (nSPS) is 24.8. The Bertz CT molecular complexity index is 560. The molecule has 24 heavy (non-hydrogen) atoms. The lowest BCUT2D eigenvalue weighted by atomic mass is 9.84. The van der Waals surface area contributed by atoms with Crippen molar-refractivity contribution in [3.8, 4) is 0 Å². The lowest BCUT2D eigenvalue weighted by Gasteiger charge is -2.41. The summed E-state index contributed by atoms with van der Waals surface area (Å²) in [5.74, 6) is 0.562. The lowest BCUT2D eigenvalue weighted by molar-refractivity contribution is 0.0876. The van der Waals surface area contributed by atoms with Gasteiger partial charge in [-0.05, 0) is 44.1 Å². The molecule has 1 aromatic rings. The summed E-state index contributed by atoms with van der Waals surface area (Å²) >= 11 is 0. The average molecular weight is 332 g/mol. The van der Waals surface area contributed by atoms with Crippen LogP contribution in [0.25, 0.3) is 0 Å². The first kappa shape index (κ1) is 17.5. The van der Waals surface area contributed by atoms with Gasteiger partial charge in [0.1, 0.15) is 5.69 Å². The molecule has 0 aromatic carbocycles. The van der Waals surface area contributed by atoms with Crippen molar-refractivity contribution in [3.63, 3.8) is 0 Å². The van der Waals surface area contributed by atoms with Gasteiger partial charge in [-0.3, -0.25) is 9.48 Å². The van der Waals surface area contributed by atoms with E-state index in [-0.39, 0.29) is 11.9 Å². The first-order valence-electron chi connectivity index (χ1n) is 9.62. The molecule has 0 spiro atoms. The summed E-state index contributed by atoms with van der Waals surface area (Å²) in [6, 6.07) is 3.30. The highest BCUT2D eigenvalue weighted by Crippen LogP contribution is 2.25. The number of aryl methyl sites for hydroxylation is 1. The van der Waals surface area contributed by atoms with E-state index in [1.807, 2.05) is 13.1 Å². The van der Waals surface area contributed by atoms with Crippen LogP contribution < -0.4 is 10.6 Å². The van der Waals surface area contributed by atoms with Gasteiger partial charge in [0, 0.05) is 25.2 Å². The van der Waals surface area contributed by atoms with Crippen molar-refractivity contribution in [2.45, 2.75) is 83.3 Å². The number of hydrogen-bond donors (Lipinski definition) is 2. The van der Waals surface area contributed by atoms with Crippen molar-refractivity contribution in [1.29, 1.82) is 0 Å². The number of aromatic nitrogens is 2. The summed E-state index contributed by atoms with van der Waals surface area (Å²) in [7, 11) is 1.86. The smallest absolute Gasteiger partial charge is 0.269 e. The Morgan fingerprint density at radius 1 is 1.21 bits per heavy atom. The summed E-state index contributed by atoms with van der Waals surface area (Å²) < 4.78 is 1.72. The van der Waals surface area contributed by atoms with Crippen molar-refractivity contribution in [1.82, 2.24) is 20.4 Å². The van der Waals surface area contributed by atoms with Crippen molar-refractivity contribution < 1.29 is 4.79 Å². The second kappa shape index (κ2) is 7.68. The fraction of sp³-hybridized carbons (Fsp3) is 0.789. The first-order chi connectivity index (χ1) is 11.5. The molecule has 2 N–H and O–H groups in total. The van der Waals surface area contributed by atoms with Crippen LogP contribution in [0.5, 0.6) is 0 Å². The Kier molecular flexibility index (Phi) is 5.59. The highest BCUT2D eigenvalue weighted by molar-refractivity contribution is 5.93. The summed E-state index contributed by atoms with van der Waals surface area (Å²) in [4.78, 5) is 12.6. The zero-order valence-electron chi connectivity index (χ0n) is 15.3.